The van der Waals surface area contributed by atoms with Gasteiger partial charge in [-0.25, -0.2) is 13.6 Å². The van der Waals surface area contributed by atoms with Gasteiger partial charge >= 0.3 is 0 Å². The highest BCUT2D eigenvalue weighted by atomic mass is 32.2. The number of rotatable bonds is 3. The largest absolute Gasteiger partial charge is 0.399 e. The fourth-order valence-electron chi connectivity index (χ4n) is 2.35. The van der Waals surface area contributed by atoms with Gasteiger partial charge in [-0.3, -0.25) is 0 Å². The summed E-state index contributed by atoms with van der Waals surface area (Å²) >= 11 is 0. The van der Waals surface area contributed by atoms with Crippen LogP contribution >= 0.6 is 0 Å². The Kier molecular flexibility index (Phi) is 3.71. The first-order valence-electron chi connectivity index (χ1n) is 6.12. The molecule has 6 nitrogen and oxygen atoms in total. The summed E-state index contributed by atoms with van der Waals surface area (Å²) in [6, 6.07) is 5.23. The van der Waals surface area contributed by atoms with Gasteiger partial charge in [0.15, 0.2) is 0 Å². The van der Waals surface area contributed by atoms with Crippen molar-refractivity contribution in [1.29, 1.82) is 0 Å². The summed E-state index contributed by atoms with van der Waals surface area (Å²) in [5.74, 6) is 0. The number of hydrogen-bond donors (Lipinski definition) is 2. The van der Waals surface area contributed by atoms with Gasteiger partial charge in [-0.2, -0.15) is 0 Å². The first-order chi connectivity index (χ1) is 8.77. The number of sulfonamides is 1. The number of nitrogen functional groups attached to an aromatic ring is 1. The van der Waals surface area contributed by atoms with Crippen LogP contribution < -0.4 is 15.8 Å². The van der Waals surface area contributed by atoms with Crippen molar-refractivity contribution in [2.24, 2.45) is 5.14 Å². The zero-order valence-corrected chi connectivity index (χ0v) is 12.0. The van der Waals surface area contributed by atoms with E-state index in [0.29, 0.717) is 11.7 Å². The molecule has 0 saturated carbocycles. The van der Waals surface area contributed by atoms with Crippen LogP contribution in [0.25, 0.3) is 0 Å². The highest BCUT2D eigenvalue weighted by Crippen LogP contribution is 2.27. The van der Waals surface area contributed by atoms with Gasteiger partial charge < -0.3 is 15.5 Å². The second-order valence-corrected chi connectivity index (χ2v) is 6.72. The molecular formula is C12H20N4O2S. The summed E-state index contributed by atoms with van der Waals surface area (Å²) in [5, 5.41) is 5.16. The minimum atomic E-state index is -3.72. The van der Waals surface area contributed by atoms with Gasteiger partial charge in [0.2, 0.25) is 10.0 Å². The summed E-state index contributed by atoms with van der Waals surface area (Å²) < 4.78 is 22.8. The van der Waals surface area contributed by atoms with Crippen LogP contribution in [0.4, 0.5) is 11.4 Å². The van der Waals surface area contributed by atoms with Gasteiger partial charge in [0.25, 0.3) is 0 Å². The molecule has 4 N–H and O–H groups in total. The van der Waals surface area contributed by atoms with Crippen molar-refractivity contribution in [2.75, 3.05) is 37.8 Å². The lowest BCUT2D eigenvalue weighted by molar-refractivity contribution is 0.315. The minimum Gasteiger partial charge on any atom is -0.399 e. The number of nitrogens with zero attached hydrogens (tertiary/aromatic N) is 2. The van der Waals surface area contributed by atoms with Crippen LogP contribution in [0.5, 0.6) is 0 Å². The molecule has 1 unspecified atom stereocenters. The average Bonchev–Trinajstić information content (AvgIpc) is 2.76. The Balaban J connectivity index is 2.29. The maximum atomic E-state index is 11.4. The van der Waals surface area contributed by atoms with Crippen molar-refractivity contribution in [3.8, 4) is 0 Å². The van der Waals surface area contributed by atoms with E-state index in [-0.39, 0.29) is 4.90 Å². The maximum absolute atomic E-state index is 11.4. The number of anilines is 2. The lowest BCUT2D eigenvalue weighted by atomic mass is 10.2. The smallest absolute Gasteiger partial charge is 0.238 e. The van der Waals surface area contributed by atoms with Crippen molar-refractivity contribution in [1.82, 2.24) is 4.90 Å². The van der Waals surface area contributed by atoms with Crippen molar-refractivity contribution in [3.05, 3.63) is 18.2 Å². The molecule has 1 fully saturated rings. The second-order valence-electron chi connectivity index (χ2n) is 5.16. The molecule has 0 amide bonds. The van der Waals surface area contributed by atoms with Crippen LogP contribution in [0, 0.1) is 0 Å². The van der Waals surface area contributed by atoms with Crippen molar-refractivity contribution in [2.45, 2.75) is 17.4 Å². The monoisotopic (exact) mass is 284 g/mol. The normalized spacial score (nSPS) is 20.2. The molecule has 106 valence electrons. The fourth-order valence-corrected chi connectivity index (χ4v) is 2.94. The number of benzene rings is 1. The average molecular weight is 284 g/mol. The van der Waals surface area contributed by atoms with Crippen LogP contribution in [-0.2, 0) is 10.0 Å². The van der Waals surface area contributed by atoms with Gasteiger partial charge in [0.05, 0.1) is 4.90 Å². The topological polar surface area (TPSA) is 92.7 Å². The highest BCUT2D eigenvalue weighted by Gasteiger charge is 2.25. The fraction of sp³-hybridized carbons (Fsp3) is 0.500. The molecule has 19 heavy (non-hydrogen) atoms. The Bertz CT molecular complexity index is 571. The molecule has 1 aliphatic rings. The predicted octanol–water partition coefficient (Wildman–Crippen LogP) is 0.0565. The zero-order valence-electron chi connectivity index (χ0n) is 11.2. The van der Waals surface area contributed by atoms with Crippen LogP contribution in [0.1, 0.15) is 6.42 Å². The van der Waals surface area contributed by atoms with Crippen molar-refractivity contribution < 1.29 is 8.42 Å². The van der Waals surface area contributed by atoms with Crippen LogP contribution in [-0.4, -0.2) is 46.5 Å². The first kappa shape index (κ1) is 14.1. The molecule has 1 heterocycles. The standard InChI is InChI=1S/C12H20N4O2S/c1-15(2)10-3-4-16(8-10)11-5-9(13)6-12(7-11)19(14,17)18/h5-7,10H,3-4,8,13H2,1-2H3,(H2,14,17,18). The molecule has 1 atom stereocenters. The molecule has 0 radical (unpaired) electrons. The van der Waals surface area contributed by atoms with E-state index in [9.17, 15) is 8.42 Å². The molecule has 2 rings (SSSR count). The first-order valence-corrected chi connectivity index (χ1v) is 7.67. The van der Waals surface area contributed by atoms with E-state index in [1.807, 2.05) is 14.1 Å². The van der Waals surface area contributed by atoms with Gasteiger partial charge in [0.1, 0.15) is 0 Å². The van der Waals surface area contributed by atoms with E-state index < -0.39 is 10.0 Å². The Morgan fingerprint density at radius 2 is 2.00 bits per heavy atom. The SMILES string of the molecule is CN(C)C1CCN(c2cc(N)cc(S(N)(=O)=O)c2)C1. The van der Waals surface area contributed by atoms with Gasteiger partial charge in [-0.15, -0.1) is 0 Å². The summed E-state index contributed by atoms with van der Waals surface area (Å²) in [6.07, 6.45) is 1.05. The Labute approximate surface area is 114 Å². The van der Waals surface area contributed by atoms with Crippen LogP contribution in [0.3, 0.4) is 0 Å². The van der Waals surface area contributed by atoms with E-state index in [1.165, 1.54) is 6.07 Å². The molecule has 0 aromatic heterocycles. The molecule has 0 aliphatic carbocycles. The molecule has 0 spiro atoms. The van der Waals surface area contributed by atoms with E-state index in [4.69, 9.17) is 10.9 Å². The summed E-state index contributed by atoms with van der Waals surface area (Å²) in [6.45, 7) is 1.75. The molecule has 0 bridgehead atoms. The number of nitrogens with two attached hydrogens (primary N) is 2. The van der Waals surface area contributed by atoms with Gasteiger partial charge in [-0.1, -0.05) is 0 Å². The molecule has 7 heteroatoms. The Morgan fingerprint density at radius 3 is 2.53 bits per heavy atom. The Hall–Kier alpha value is -1.31. The van der Waals surface area contributed by atoms with Crippen LogP contribution in [0.15, 0.2) is 23.1 Å². The summed E-state index contributed by atoms with van der Waals surface area (Å²) in [7, 11) is 0.366. The zero-order chi connectivity index (χ0) is 14.2. The van der Waals surface area contributed by atoms with Crippen LogP contribution in [0.2, 0.25) is 0 Å². The lowest BCUT2D eigenvalue weighted by Crippen LogP contribution is -2.31. The summed E-state index contributed by atoms with van der Waals surface area (Å²) in [5.41, 5.74) is 6.99. The van der Waals surface area contributed by atoms with Gasteiger partial charge in [-0.05, 0) is 38.7 Å². The quantitative estimate of drug-likeness (QED) is 0.766. The van der Waals surface area contributed by atoms with Crippen molar-refractivity contribution >= 4 is 21.4 Å². The highest BCUT2D eigenvalue weighted by molar-refractivity contribution is 7.89. The minimum absolute atomic E-state index is 0.0656. The molecular weight excluding hydrogens is 264 g/mol. The van der Waals surface area contributed by atoms with E-state index in [2.05, 4.69) is 9.80 Å². The number of primary sulfonamides is 1. The maximum Gasteiger partial charge on any atom is 0.238 e. The van der Waals surface area contributed by atoms with E-state index >= 15 is 0 Å². The molecule has 1 aromatic rings. The van der Waals surface area contributed by atoms with E-state index in [1.54, 1.807) is 12.1 Å². The van der Waals surface area contributed by atoms with Crippen molar-refractivity contribution in [3.63, 3.8) is 0 Å². The third kappa shape index (κ3) is 3.17. The predicted molar refractivity (Wildman–Crippen MR) is 76.5 cm³/mol. The number of hydrogen-bond acceptors (Lipinski definition) is 5. The lowest BCUT2D eigenvalue weighted by Gasteiger charge is -2.22. The number of likely N-dealkylation sites (N-methyl/N-ethyl adjacent to an activating group) is 1. The second kappa shape index (κ2) is 4.99. The third-order valence-corrected chi connectivity index (χ3v) is 4.39. The van der Waals surface area contributed by atoms with Gasteiger partial charge in [0, 0.05) is 30.5 Å². The third-order valence-electron chi connectivity index (χ3n) is 3.50. The molecule has 1 saturated heterocycles. The molecule has 1 aromatic carbocycles. The summed E-state index contributed by atoms with van der Waals surface area (Å²) in [4.78, 5) is 4.37. The molecule has 1 aliphatic heterocycles. The Morgan fingerprint density at radius 1 is 1.32 bits per heavy atom. The van der Waals surface area contributed by atoms with E-state index in [0.717, 1.165) is 25.2 Å².